The van der Waals surface area contributed by atoms with Crippen LogP contribution in [-0.2, 0) is 9.53 Å². The van der Waals surface area contributed by atoms with E-state index in [0.29, 0.717) is 5.92 Å². The zero-order valence-electron chi connectivity index (χ0n) is 14.2. The Balaban J connectivity index is 2.08. The maximum absolute atomic E-state index is 12.7. The van der Waals surface area contributed by atoms with E-state index in [2.05, 4.69) is 46.8 Å². The van der Waals surface area contributed by atoms with E-state index in [1.165, 1.54) is 5.56 Å². The van der Waals surface area contributed by atoms with E-state index in [0.717, 1.165) is 18.4 Å². The number of esters is 1. The Hall–Kier alpha value is -1.31. The first-order chi connectivity index (χ1) is 9.68. The summed E-state index contributed by atoms with van der Waals surface area (Å²) in [7, 11) is 0. The van der Waals surface area contributed by atoms with Crippen LogP contribution < -0.4 is 0 Å². The lowest BCUT2D eigenvalue weighted by Crippen LogP contribution is -2.26. The summed E-state index contributed by atoms with van der Waals surface area (Å²) >= 11 is 0. The van der Waals surface area contributed by atoms with Crippen LogP contribution in [0.15, 0.2) is 24.3 Å². The fourth-order valence-corrected chi connectivity index (χ4v) is 3.37. The van der Waals surface area contributed by atoms with Crippen molar-refractivity contribution >= 4 is 5.97 Å². The van der Waals surface area contributed by atoms with Crippen molar-refractivity contribution in [3.63, 3.8) is 0 Å². The van der Waals surface area contributed by atoms with Crippen LogP contribution in [0.5, 0.6) is 0 Å². The van der Waals surface area contributed by atoms with Crippen LogP contribution >= 0.6 is 0 Å². The Labute approximate surface area is 128 Å². The molecule has 2 heteroatoms. The molecule has 2 nitrogen and oxygen atoms in total. The van der Waals surface area contributed by atoms with E-state index in [1.54, 1.807) is 0 Å². The molecule has 1 aromatic rings. The minimum Gasteiger partial charge on any atom is -0.457 e. The van der Waals surface area contributed by atoms with Crippen molar-refractivity contribution in [3.8, 4) is 0 Å². The summed E-state index contributed by atoms with van der Waals surface area (Å²) in [6.45, 7) is 12.7. The first-order valence-corrected chi connectivity index (χ1v) is 7.95. The molecule has 0 N–H and O–H groups in total. The standard InChI is InChI=1S/C19H28O2/c1-13(2)11-19(12-18(19,5)6)17(20)21-15(4)16-9-7-14(3)8-10-16/h7-10,13,15H,11-12H2,1-6H3. The van der Waals surface area contributed by atoms with Gasteiger partial charge < -0.3 is 4.74 Å². The van der Waals surface area contributed by atoms with Crippen molar-refractivity contribution in [2.24, 2.45) is 16.7 Å². The quantitative estimate of drug-likeness (QED) is 0.708. The Morgan fingerprint density at radius 3 is 2.14 bits per heavy atom. The van der Waals surface area contributed by atoms with Gasteiger partial charge in [0.1, 0.15) is 6.10 Å². The third-order valence-electron chi connectivity index (χ3n) is 4.89. The van der Waals surface area contributed by atoms with Gasteiger partial charge in [0, 0.05) is 0 Å². The minimum atomic E-state index is -0.278. The van der Waals surface area contributed by atoms with Crippen LogP contribution in [-0.4, -0.2) is 5.97 Å². The second-order valence-corrected chi connectivity index (χ2v) is 7.70. The topological polar surface area (TPSA) is 26.3 Å². The SMILES string of the molecule is Cc1ccc(C(C)OC(=O)C2(CC(C)C)CC2(C)C)cc1. The molecule has 1 fully saturated rings. The van der Waals surface area contributed by atoms with E-state index in [4.69, 9.17) is 4.74 Å². The fourth-order valence-electron chi connectivity index (χ4n) is 3.37. The Kier molecular flexibility index (Phi) is 4.19. The lowest BCUT2D eigenvalue weighted by Gasteiger charge is -2.24. The van der Waals surface area contributed by atoms with Crippen molar-refractivity contribution in [2.75, 3.05) is 0 Å². The normalized spacial score (nSPS) is 24.7. The van der Waals surface area contributed by atoms with Gasteiger partial charge in [-0.25, -0.2) is 0 Å². The predicted octanol–water partition coefficient (Wildman–Crippen LogP) is 5.06. The zero-order chi connectivity index (χ0) is 15.8. The molecule has 0 saturated heterocycles. The molecule has 21 heavy (non-hydrogen) atoms. The van der Waals surface area contributed by atoms with Crippen LogP contribution in [0.4, 0.5) is 0 Å². The molecule has 1 aliphatic rings. The van der Waals surface area contributed by atoms with Crippen LogP contribution in [0.1, 0.15) is 64.7 Å². The van der Waals surface area contributed by atoms with Gasteiger partial charge in [0.05, 0.1) is 5.41 Å². The van der Waals surface area contributed by atoms with E-state index in [1.807, 2.05) is 19.1 Å². The van der Waals surface area contributed by atoms with Crippen LogP contribution in [0.2, 0.25) is 0 Å². The number of carbonyl (C=O) groups is 1. The smallest absolute Gasteiger partial charge is 0.313 e. The molecule has 1 aliphatic carbocycles. The number of ether oxygens (including phenoxy) is 1. The second-order valence-electron chi connectivity index (χ2n) is 7.70. The monoisotopic (exact) mass is 288 g/mol. The fraction of sp³-hybridized carbons (Fsp3) is 0.632. The van der Waals surface area contributed by atoms with E-state index in [9.17, 15) is 4.79 Å². The van der Waals surface area contributed by atoms with Gasteiger partial charge in [-0.2, -0.15) is 0 Å². The summed E-state index contributed by atoms with van der Waals surface area (Å²) in [5.41, 5.74) is 2.07. The van der Waals surface area contributed by atoms with Gasteiger partial charge in [0.15, 0.2) is 0 Å². The molecule has 0 bridgehead atoms. The van der Waals surface area contributed by atoms with Gasteiger partial charge in [0.2, 0.25) is 0 Å². The van der Waals surface area contributed by atoms with Gasteiger partial charge in [0.25, 0.3) is 0 Å². The van der Waals surface area contributed by atoms with E-state index in [-0.39, 0.29) is 22.9 Å². The molecule has 0 spiro atoms. The largest absolute Gasteiger partial charge is 0.457 e. The molecule has 0 aliphatic heterocycles. The number of carbonyl (C=O) groups excluding carboxylic acids is 1. The van der Waals surface area contributed by atoms with Crippen molar-refractivity contribution in [1.82, 2.24) is 0 Å². The van der Waals surface area contributed by atoms with Gasteiger partial charge in [-0.1, -0.05) is 57.5 Å². The average molecular weight is 288 g/mol. The third kappa shape index (κ3) is 3.14. The molecular weight excluding hydrogens is 260 g/mol. The molecule has 0 radical (unpaired) electrons. The van der Waals surface area contributed by atoms with Crippen LogP contribution in [0, 0.1) is 23.7 Å². The lowest BCUT2D eigenvalue weighted by atomic mass is 9.87. The molecule has 2 rings (SSSR count). The zero-order valence-corrected chi connectivity index (χ0v) is 14.2. The molecule has 2 atom stereocenters. The molecule has 2 unspecified atom stereocenters. The third-order valence-corrected chi connectivity index (χ3v) is 4.89. The summed E-state index contributed by atoms with van der Waals surface area (Å²) < 4.78 is 5.80. The van der Waals surface area contributed by atoms with Crippen molar-refractivity contribution in [3.05, 3.63) is 35.4 Å². The first kappa shape index (κ1) is 16.1. The summed E-state index contributed by atoms with van der Waals surface area (Å²) in [6.07, 6.45) is 1.68. The van der Waals surface area contributed by atoms with E-state index >= 15 is 0 Å². The number of benzene rings is 1. The maximum Gasteiger partial charge on any atom is 0.313 e. The predicted molar refractivity (Wildman–Crippen MR) is 86.0 cm³/mol. The molecule has 1 saturated carbocycles. The molecular formula is C19H28O2. The summed E-state index contributed by atoms with van der Waals surface area (Å²) in [5.74, 6) is 0.489. The molecule has 0 aromatic heterocycles. The van der Waals surface area contributed by atoms with Gasteiger partial charge >= 0.3 is 5.97 Å². The lowest BCUT2D eigenvalue weighted by molar-refractivity contribution is -0.157. The summed E-state index contributed by atoms with van der Waals surface area (Å²) in [4.78, 5) is 12.7. The van der Waals surface area contributed by atoms with Gasteiger partial charge in [-0.05, 0) is 43.6 Å². The number of hydrogen-bond donors (Lipinski definition) is 0. The summed E-state index contributed by atoms with van der Waals surface area (Å²) in [6, 6.07) is 8.20. The number of rotatable bonds is 5. The molecule has 116 valence electrons. The Morgan fingerprint density at radius 1 is 1.19 bits per heavy atom. The Bertz CT molecular complexity index is 513. The Morgan fingerprint density at radius 2 is 1.71 bits per heavy atom. The average Bonchev–Trinajstić information content (AvgIpc) is 2.91. The highest BCUT2D eigenvalue weighted by molar-refractivity contribution is 5.82. The molecule has 0 heterocycles. The van der Waals surface area contributed by atoms with Crippen molar-refractivity contribution in [1.29, 1.82) is 0 Å². The maximum atomic E-state index is 12.7. The molecule has 1 aromatic carbocycles. The van der Waals surface area contributed by atoms with Crippen molar-refractivity contribution in [2.45, 2.75) is 60.5 Å². The van der Waals surface area contributed by atoms with Crippen molar-refractivity contribution < 1.29 is 9.53 Å². The minimum absolute atomic E-state index is 0.0192. The highest BCUT2D eigenvalue weighted by atomic mass is 16.5. The van der Waals surface area contributed by atoms with Gasteiger partial charge in [-0.15, -0.1) is 0 Å². The van der Waals surface area contributed by atoms with Crippen LogP contribution in [0.25, 0.3) is 0 Å². The number of aryl methyl sites for hydroxylation is 1. The highest BCUT2D eigenvalue weighted by Crippen LogP contribution is 2.67. The molecule has 0 amide bonds. The van der Waals surface area contributed by atoms with E-state index < -0.39 is 0 Å². The number of hydrogen-bond acceptors (Lipinski definition) is 2. The van der Waals surface area contributed by atoms with Gasteiger partial charge in [-0.3, -0.25) is 4.79 Å². The first-order valence-electron chi connectivity index (χ1n) is 7.95. The summed E-state index contributed by atoms with van der Waals surface area (Å²) in [5, 5.41) is 0. The highest BCUT2D eigenvalue weighted by Gasteiger charge is 2.67. The van der Waals surface area contributed by atoms with Crippen LogP contribution in [0.3, 0.4) is 0 Å². The second kappa shape index (κ2) is 5.47.